The Labute approximate surface area is 370 Å². The molecule has 296 valence electrons. The number of nitrogens with zero attached hydrogens (tertiary/aromatic N) is 2. The van der Waals surface area contributed by atoms with Gasteiger partial charge in [0.2, 0.25) is 0 Å². The lowest BCUT2D eigenvalue weighted by molar-refractivity contribution is 1.18. The summed E-state index contributed by atoms with van der Waals surface area (Å²) >= 11 is 1.87. The summed E-state index contributed by atoms with van der Waals surface area (Å²) in [4.78, 5) is 2.53. The van der Waals surface area contributed by atoms with E-state index in [1.54, 1.807) is 0 Å². The molecule has 0 aliphatic rings. The molecule has 2 heterocycles. The van der Waals surface area contributed by atoms with Crippen LogP contribution in [0.1, 0.15) is 0 Å². The van der Waals surface area contributed by atoms with E-state index in [0.29, 0.717) is 0 Å². The van der Waals surface area contributed by atoms with Gasteiger partial charge in [0.25, 0.3) is 0 Å². The van der Waals surface area contributed by atoms with Crippen molar-refractivity contribution in [3.05, 3.63) is 243 Å². The fraction of sp³-hybridized carbons (Fsp3) is 0. The third kappa shape index (κ3) is 6.24. The highest BCUT2D eigenvalue weighted by Gasteiger charge is 2.25. The van der Waals surface area contributed by atoms with Gasteiger partial charge in [-0.05, 0) is 81.9 Å². The molecule has 0 saturated heterocycles. The Morgan fingerprint density at radius 3 is 1.70 bits per heavy atom. The van der Waals surface area contributed by atoms with Crippen molar-refractivity contribution in [2.45, 2.75) is 0 Å². The van der Waals surface area contributed by atoms with Gasteiger partial charge in [0.1, 0.15) is 0 Å². The standard InChI is InChI=1S/C60H40N2S/c1-4-20-41(21-5-1)46-28-10-11-31-51(46)58-47(42-22-6-2-7-23-42)32-18-37-55(58)61(56-38-19-35-53-50-30-13-15-39-57(50)63-60(53)56)45-27-16-24-43(40-45)48-33-17-34-52-49-29-12-14-36-54(49)62(59(48)52)44-25-8-3-9-26-44/h1-40H. The van der Waals surface area contributed by atoms with Crippen LogP contribution in [0.2, 0.25) is 0 Å². The molecule has 63 heavy (non-hydrogen) atoms. The fourth-order valence-electron chi connectivity index (χ4n) is 9.66. The molecule has 0 spiro atoms. The van der Waals surface area contributed by atoms with E-state index < -0.39 is 0 Å². The van der Waals surface area contributed by atoms with Crippen LogP contribution in [-0.4, -0.2) is 4.57 Å². The molecule has 0 radical (unpaired) electrons. The van der Waals surface area contributed by atoms with Crippen molar-refractivity contribution >= 4 is 70.4 Å². The first-order valence-corrected chi connectivity index (χ1v) is 22.3. The lowest BCUT2D eigenvalue weighted by Gasteiger charge is -2.30. The Morgan fingerprint density at radius 2 is 0.889 bits per heavy atom. The molecule has 12 rings (SSSR count). The molecule has 0 unspecified atom stereocenters. The van der Waals surface area contributed by atoms with Gasteiger partial charge in [-0.25, -0.2) is 0 Å². The van der Waals surface area contributed by atoms with E-state index in [1.165, 1.54) is 80.9 Å². The monoisotopic (exact) mass is 820 g/mol. The molecule has 0 aliphatic heterocycles. The molecule has 0 amide bonds. The molecule has 3 heteroatoms. The fourth-order valence-corrected chi connectivity index (χ4v) is 10.9. The maximum Gasteiger partial charge on any atom is 0.0640 e. The average molecular weight is 821 g/mol. The largest absolute Gasteiger partial charge is 0.309 e. The van der Waals surface area contributed by atoms with Gasteiger partial charge >= 0.3 is 0 Å². The highest BCUT2D eigenvalue weighted by molar-refractivity contribution is 7.26. The molecule has 10 aromatic carbocycles. The van der Waals surface area contributed by atoms with Crippen LogP contribution in [0, 0.1) is 0 Å². The molecule has 12 aromatic rings. The van der Waals surface area contributed by atoms with Crippen molar-refractivity contribution in [2.75, 3.05) is 4.90 Å². The van der Waals surface area contributed by atoms with Crippen LogP contribution in [-0.2, 0) is 0 Å². The van der Waals surface area contributed by atoms with E-state index in [2.05, 4.69) is 252 Å². The first kappa shape index (κ1) is 36.8. The Kier molecular flexibility index (Phi) is 9.06. The van der Waals surface area contributed by atoms with Crippen LogP contribution in [0.3, 0.4) is 0 Å². The smallest absolute Gasteiger partial charge is 0.0640 e. The molecule has 2 aromatic heterocycles. The van der Waals surface area contributed by atoms with E-state index in [9.17, 15) is 0 Å². The summed E-state index contributed by atoms with van der Waals surface area (Å²) in [5.74, 6) is 0. The summed E-state index contributed by atoms with van der Waals surface area (Å²) in [6.45, 7) is 0. The van der Waals surface area contributed by atoms with Crippen LogP contribution >= 0.6 is 11.3 Å². The van der Waals surface area contributed by atoms with Crippen LogP contribution in [0.25, 0.3) is 92.2 Å². The second-order valence-corrected chi connectivity index (χ2v) is 17.1. The maximum atomic E-state index is 2.53. The van der Waals surface area contributed by atoms with Gasteiger partial charge in [-0.15, -0.1) is 11.3 Å². The Bertz CT molecular complexity index is 3620. The van der Waals surface area contributed by atoms with Crippen molar-refractivity contribution < 1.29 is 0 Å². The Morgan fingerprint density at radius 1 is 0.349 bits per heavy atom. The molecule has 0 bridgehead atoms. The highest BCUT2D eigenvalue weighted by Crippen LogP contribution is 2.51. The summed E-state index contributed by atoms with van der Waals surface area (Å²) in [5.41, 5.74) is 16.3. The van der Waals surface area contributed by atoms with Gasteiger partial charge in [-0.2, -0.15) is 0 Å². The molecule has 2 nitrogen and oxygen atoms in total. The number of benzene rings is 10. The van der Waals surface area contributed by atoms with Crippen LogP contribution in [0.5, 0.6) is 0 Å². The van der Waals surface area contributed by atoms with Gasteiger partial charge in [0.15, 0.2) is 0 Å². The maximum absolute atomic E-state index is 2.53. The number of thiophene rings is 1. The summed E-state index contributed by atoms with van der Waals surface area (Å²) in [6.07, 6.45) is 0. The third-order valence-corrected chi connectivity index (χ3v) is 13.6. The molecule has 0 aliphatic carbocycles. The second-order valence-electron chi connectivity index (χ2n) is 16.0. The van der Waals surface area contributed by atoms with Crippen molar-refractivity contribution in [1.82, 2.24) is 4.57 Å². The minimum absolute atomic E-state index is 1.08. The number of anilines is 3. The number of hydrogen-bond acceptors (Lipinski definition) is 2. The zero-order valence-electron chi connectivity index (χ0n) is 34.4. The van der Waals surface area contributed by atoms with E-state index in [1.807, 2.05) is 11.3 Å². The number of rotatable bonds is 8. The van der Waals surface area contributed by atoms with Gasteiger partial charge in [-0.3, -0.25) is 0 Å². The molecule has 0 atom stereocenters. The van der Waals surface area contributed by atoms with Crippen molar-refractivity contribution in [3.8, 4) is 50.2 Å². The van der Waals surface area contributed by atoms with Crippen molar-refractivity contribution in [1.29, 1.82) is 0 Å². The summed E-state index contributed by atoms with van der Waals surface area (Å²) in [5, 5.41) is 5.02. The van der Waals surface area contributed by atoms with E-state index in [0.717, 1.165) is 28.3 Å². The lowest BCUT2D eigenvalue weighted by Crippen LogP contribution is -2.12. The topological polar surface area (TPSA) is 8.17 Å². The zero-order valence-corrected chi connectivity index (χ0v) is 35.2. The molecular weight excluding hydrogens is 781 g/mol. The lowest BCUT2D eigenvalue weighted by atomic mass is 9.87. The van der Waals surface area contributed by atoms with Crippen LogP contribution in [0.15, 0.2) is 243 Å². The normalized spacial score (nSPS) is 11.5. The predicted octanol–water partition coefficient (Wildman–Crippen LogP) is 17.3. The summed E-state index contributed by atoms with van der Waals surface area (Å²) in [6, 6.07) is 88.5. The minimum Gasteiger partial charge on any atom is -0.309 e. The quantitative estimate of drug-likeness (QED) is 0.148. The molecule has 0 saturated carbocycles. The SMILES string of the molecule is c1ccc(-c2ccccc2-c2c(-c3ccccc3)cccc2N(c2cccc(-c3cccc4c5ccccc5n(-c5ccccc5)c34)c2)c2cccc3c2sc2ccccc23)cc1. The Balaban J connectivity index is 1.17. The Hall–Kier alpha value is -7.98. The predicted molar refractivity (Wildman–Crippen MR) is 270 cm³/mol. The van der Waals surface area contributed by atoms with E-state index in [4.69, 9.17) is 0 Å². The summed E-state index contributed by atoms with van der Waals surface area (Å²) < 4.78 is 4.97. The first-order chi connectivity index (χ1) is 31.3. The number of aromatic nitrogens is 1. The van der Waals surface area contributed by atoms with Gasteiger partial charge in [0.05, 0.1) is 27.1 Å². The van der Waals surface area contributed by atoms with E-state index >= 15 is 0 Å². The number of hydrogen-bond donors (Lipinski definition) is 0. The number of fused-ring (bicyclic) bond motifs is 6. The van der Waals surface area contributed by atoms with Crippen LogP contribution in [0.4, 0.5) is 17.1 Å². The third-order valence-electron chi connectivity index (χ3n) is 12.4. The van der Waals surface area contributed by atoms with Crippen molar-refractivity contribution in [2.24, 2.45) is 0 Å². The van der Waals surface area contributed by atoms with Gasteiger partial charge in [-0.1, -0.05) is 194 Å². The van der Waals surface area contributed by atoms with Crippen molar-refractivity contribution in [3.63, 3.8) is 0 Å². The number of para-hydroxylation sites is 3. The molecule has 0 N–H and O–H groups in total. The summed E-state index contributed by atoms with van der Waals surface area (Å²) in [7, 11) is 0. The van der Waals surface area contributed by atoms with Gasteiger partial charge in [0, 0.05) is 48.7 Å². The average Bonchev–Trinajstić information content (AvgIpc) is 3.92. The van der Waals surface area contributed by atoms with E-state index in [-0.39, 0.29) is 0 Å². The second kappa shape index (κ2) is 15.5. The van der Waals surface area contributed by atoms with Crippen LogP contribution < -0.4 is 4.90 Å². The first-order valence-electron chi connectivity index (χ1n) is 21.5. The molecular formula is C60H40N2S. The zero-order chi connectivity index (χ0) is 41.7. The molecule has 0 fully saturated rings. The van der Waals surface area contributed by atoms with Gasteiger partial charge < -0.3 is 9.47 Å². The minimum atomic E-state index is 1.08. The highest BCUT2D eigenvalue weighted by atomic mass is 32.1.